The van der Waals surface area contributed by atoms with E-state index >= 15 is 0 Å². The Morgan fingerprint density at radius 3 is 2.39 bits per heavy atom. The molecule has 0 aromatic heterocycles. The van der Waals surface area contributed by atoms with Crippen molar-refractivity contribution in [2.24, 2.45) is 23.7 Å². The highest BCUT2D eigenvalue weighted by Crippen LogP contribution is 2.60. The summed E-state index contributed by atoms with van der Waals surface area (Å²) in [6.45, 7) is 2.04. The summed E-state index contributed by atoms with van der Waals surface area (Å²) in [6, 6.07) is 11.5. The summed E-state index contributed by atoms with van der Waals surface area (Å²) in [5.74, 6) is 2.01. The molecule has 4 atom stereocenters. The van der Waals surface area contributed by atoms with Crippen LogP contribution in [0.25, 0.3) is 5.57 Å². The van der Waals surface area contributed by atoms with Crippen LogP contribution in [0.4, 0.5) is 4.39 Å². The summed E-state index contributed by atoms with van der Waals surface area (Å²) < 4.78 is 19.0. The van der Waals surface area contributed by atoms with Gasteiger partial charge in [-0.1, -0.05) is 13.0 Å². The third kappa shape index (κ3) is 2.58. The fraction of sp³-hybridized carbons (Fsp3) is 0.375. The van der Waals surface area contributed by atoms with Gasteiger partial charge >= 0.3 is 0 Å². The van der Waals surface area contributed by atoms with Gasteiger partial charge < -0.3 is 9.84 Å². The van der Waals surface area contributed by atoms with E-state index in [2.05, 4.69) is 0 Å². The zero-order chi connectivity index (χ0) is 19.4. The molecular formula is C24H23FO3. The molecule has 1 N–H and O–H groups in total. The zero-order valence-corrected chi connectivity index (χ0v) is 15.8. The molecule has 4 unspecified atom stereocenters. The summed E-state index contributed by atoms with van der Waals surface area (Å²) in [4.78, 5) is 13.3. The molecule has 144 valence electrons. The second-order valence-electron chi connectivity index (χ2n) is 8.24. The summed E-state index contributed by atoms with van der Waals surface area (Å²) in [7, 11) is 0. The lowest BCUT2D eigenvalue weighted by Gasteiger charge is -2.23. The second-order valence-corrected chi connectivity index (χ2v) is 8.24. The number of halogens is 1. The number of carbonyl (C=O) groups is 1. The van der Waals surface area contributed by atoms with E-state index in [4.69, 9.17) is 4.74 Å². The van der Waals surface area contributed by atoms with Gasteiger partial charge in [-0.3, -0.25) is 4.79 Å². The van der Waals surface area contributed by atoms with Crippen molar-refractivity contribution in [3.05, 3.63) is 65.2 Å². The highest BCUT2D eigenvalue weighted by atomic mass is 19.1. The Morgan fingerprint density at radius 1 is 1.04 bits per heavy atom. The van der Waals surface area contributed by atoms with Crippen molar-refractivity contribution >= 4 is 11.4 Å². The van der Waals surface area contributed by atoms with Crippen LogP contribution in [0.1, 0.15) is 37.3 Å². The molecule has 2 aromatic carbocycles. The van der Waals surface area contributed by atoms with E-state index < -0.39 is 0 Å². The van der Waals surface area contributed by atoms with Crippen LogP contribution in [-0.2, 0) is 11.2 Å². The van der Waals surface area contributed by atoms with Crippen molar-refractivity contribution < 1.29 is 19.0 Å². The Bertz CT molecular complexity index is 976. The molecule has 28 heavy (non-hydrogen) atoms. The fourth-order valence-corrected chi connectivity index (χ4v) is 5.59. The Morgan fingerprint density at radius 2 is 1.71 bits per heavy atom. The number of aliphatic hydroxyl groups is 1. The zero-order valence-electron chi connectivity index (χ0n) is 15.8. The molecule has 3 nitrogen and oxygen atoms in total. The summed E-state index contributed by atoms with van der Waals surface area (Å²) >= 11 is 0. The van der Waals surface area contributed by atoms with Crippen LogP contribution < -0.4 is 4.74 Å². The third-order valence-electron chi connectivity index (χ3n) is 6.82. The Kier molecular flexibility index (Phi) is 4.04. The van der Waals surface area contributed by atoms with Gasteiger partial charge in [-0.2, -0.15) is 0 Å². The number of ketones is 1. The number of carbonyl (C=O) groups excluding carboxylic acids is 1. The van der Waals surface area contributed by atoms with Gasteiger partial charge in [-0.15, -0.1) is 0 Å². The number of hydrogen-bond donors (Lipinski definition) is 1. The number of ether oxygens (including phenoxy) is 1. The number of hydrogen-bond acceptors (Lipinski definition) is 3. The van der Waals surface area contributed by atoms with Crippen molar-refractivity contribution in [3.63, 3.8) is 0 Å². The summed E-state index contributed by atoms with van der Waals surface area (Å²) in [5, 5.41) is 11.0. The van der Waals surface area contributed by atoms with Crippen LogP contribution in [0.3, 0.4) is 0 Å². The van der Waals surface area contributed by atoms with Gasteiger partial charge in [-0.25, -0.2) is 4.39 Å². The first kappa shape index (κ1) is 17.5. The first-order valence-corrected chi connectivity index (χ1v) is 10.1. The van der Waals surface area contributed by atoms with E-state index in [0.29, 0.717) is 28.9 Å². The predicted octanol–water partition coefficient (Wildman–Crippen LogP) is 5.69. The molecule has 2 bridgehead atoms. The van der Waals surface area contributed by atoms with Crippen LogP contribution in [0.15, 0.2) is 48.2 Å². The van der Waals surface area contributed by atoms with Crippen molar-refractivity contribution in [1.29, 1.82) is 0 Å². The minimum atomic E-state index is -0.317. The van der Waals surface area contributed by atoms with E-state index in [1.54, 1.807) is 12.1 Å². The number of allylic oxidation sites excluding steroid dienone is 2. The Labute approximate surface area is 163 Å². The Balaban J connectivity index is 1.53. The van der Waals surface area contributed by atoms with Gasteiger partial charge in [0.05, 0.1) is 5.57 Å². The van der Waals surface area contributed by atoms with Gasteiger partial charge in [0.25, 0.3) is 0 Å². The van der Waals surface area contributed by atoms with Crippen LogP contribution in [0.5, 0.6) is 11.5 Å². The molecule has 0 spiro atoms. The van der Waals surface area contributed by atoms with E-state index in [-0.39, 0.29) is 29.2 Å². The molecule has 4 heteroatoms. The van der Waals surface area contributed by atoms with E-state index in [9.17, 15) is 14.3 Å². The molecule has 0 saturated heterocycles. The normalized spacial score (nSPS) is 28.1. The number of rotatable bonds is 4. The van der Waals surface area contributed by atoms with Crippen LogP contribution in [-0.4, -0.2) is 10.9 Å². The summed E-state index contributed by atoms with van der Waals surface area (Å²) in [5.41, 5.74) is 2.29. The molecule has 0 amide bonds. The fourth-order valence-electron chi connectivity index (χ4n) is 5.59. The highest BCUT2D eigenvalue weighted by Gasteiger charge is 2.57. The first-order chi connectivity index (χ1) is 13.6. The number of aliphatic hydroxyl groups excluding tert-OH is 1. The average Bonchev–Trinajstić information content (AvgIpc) is 3.37. The number of aryl methyl sites for hydroxylation is 1. The van der Waals surface area contributed by atoms with Crippen molar-refractivity contribution in [3.8, 4) is 11.5 Å². The van der Waals surface area contributed by atoms with Crippen LogP contribution >= 0.6 is 0 Å². The van der Waals surface area contributed by atoms with E-state index in [1.165, 1.54) is 12.1 Å². The number of benzene rings is 2. The standard InChI is InChI=1S/C24H23FO3/c1-2-13-5-8-18(28-17-9-6-16(25)7-10-17)12-19(13)22-23(26)20-14-3-4-15(11-14)21(20)24(22)27/h5-10,12,14-15,20-21,26H,2-4,11H2,1H3. The van der Waals surface area contributed by atoms with E-state index in [1.807, 2.05) is 25.1 Å². The maximum Gasteiger partial charge on any atom is 0.170 e. The van der Waals surface area contributed by atoms with Crippen molar-refractivity contribution in [2.75, 3.05) is 0 Å². The van der Waals surface area contributed by atoms with Crippen LogP contribution in [0, 0.1) is 29.5 Å². The molecule has 2 fully saturated rings. The molecule has 0 radical (unpaired) electrons. The smallest absolute Gasteiger partial charge is 0.170 e. The molecule has 2 aromatic rings. The largest absolute Gasteiger partial charge is 0.511 e. The van der Waals surface area contributed by atoms with Gasteiger partial charge in [-0.05, 0) is 85.0 Å². The maximum atomic E-state index is 13.3. The predicted molar refractivity (Wildman–Crippen MR) is 105 cm³/mol. The Hall–Kier alpha value is -2.62. The minimum absolute atomic E-state index is 0.00706. The first-order valence-electron chi connectivity index (χ1n) is 10.1. The SMILES string of the molecule is CCc1ccc(Oc2ccc(F)cc2)cc1C1=C(O)C2C3CCC(C3)C2C1=O. The molecule has 2 saturated carbocycles. The number of Topliss-reactive ketones (excluding diaryl/α,β-unsaturated/α-hetero) is 1. The average molecular weight is 378 g/mol. The maximum absolute atomic E-state index is 13.3. The molecule has 3 aliphatic carbocycles. The van der Waals surface area contributed by atoms with Crippen molar-refractivity contribution in [2.45, 2.75) is 32.6 Å². The molecule has 5 rings (SSSR count). The van der Waals surface area contributed by atoms with Gasteiger partial charge in [0, 0.05) is 11.8 Å². The molecular weight excluding hydrogens is 355 g/mol. The van der Waals surface area contributed by atoms with E-state index in [0.717, 1.165) is 36.8 Å². The lowest BCUT2D eigenvalue weighted by molar-refractivity contribution is -0.118. The van der Waals surface area contributed by atoms with Crippen LogP contribution in [0.2, 0.25) is 0 Å². The monoisotopic (exact) mass is 378 g/mol. The number of fused-ring (bicyclic) bond motifs is 5. The van der Waals surface area contributed by atoms with Crippen molar-refractivity contribution in [1.82, 2.24) is 0 Å². The molecule has 0 aliphatic heterocycles. The highest BCUT2D eigenvalue weighted by molar-refractivity contribution is 6.25. The molecule has 0 heterocycles. The minimum Gasteiger partial charge on any atom is -0.511 e. The quantitative estimate of drug-likeness (QED) is 0.743. The second kappa shape index (κ2) is 6.47. The lowest BCUT2D eigenvalue weighted by Crippen LogP contribution is -2.24. The molecule has 3 aliphatic rings. The van der Waals surface area contributed by atoms with Gasteiger partial charge in [0.15, 0.2) is 5.78 Å². The topological polar surface area (TPSA) is 46.5 Å². The van der Waals surface area contributed by atoms with Gasteiger partial charge in [0.2, 0.25) is 0 Å². The summed E-state index contributed by atoms with van der Waals surface area (Å²) in [6.07, 6.45) is 4.06. The van der Waals surface area contributed by atoms with Gasteiger partial charge in [0.1, 0.15) is 23.1 Å². The third-order valence-corrected chi connectivity index (χ3v) is 6.82. The lowest BCUT2D eigenvalue weighted by atomic mass is 9.80.